The maximum absolute atomic E-state index is 6.23. The minimum absolute atomic E-state index is 0.172. The Kier molecular flexibility index (Phi) is 4.76. The van der Waals surface area contributed by atoms with Crippen molar-refractivity contribution < 1.29 is 0 Å². The van der Waals surface area contributed by atoms with Crippen LogP contribution in [0.4, 0.5) is 5.69 Å². The molecule has 2 N–H and O–H groups in total. The van der Waals surface area contributed by atoms with E-state index in [1.165, 1.54) is 10.9 Å². The van der Waals surface area contributed by atoms with Gasteiger partial charge >= 0.3 is 0 Å². The number of allylic oxidation sites excluding steroid dienone is 2. The van der Waals surface area contributed by atoms with Gasteiger partial charge in [0.15, 0.2) is 0 Å². The van der Waals surface area contributed by atoms with Crippen LogP contribution in [0.2, 0.25) is 0 Å². The second kappa shape index (κ2) is 7.14. The molecule has 120 valence electrons. The first-order valence-electron chi connectivity index (χ1n) is 8.20. The van der Waals surface area contributed by atoms with Crippen molar-refractivity contribution in [3.63, 3.8) is 0 Å². The quantitative estimate of drug-likeness (QED) is 0.635. The summed E-state index contributed by atoms with van der Waals surface area (Å²) in [6, 6.07) is 22.8. The van der Waals surface area contributed by atoms with Gasteiger partial charge in [-0.2, -0.15) is 0 Å². The van der Waals surface area contributed by atoms with E-state index in [0.717, 1.165) is 22.3 Å². The predicted molar refractivity (Wildman–Crippen MR) is 104 cm³/mol. The number of hydrogen-bond donors (Lipinski definition) is 1. The Balaban J connectivity index is 1.87. The summed E-state index contributed by atoms with van der Waals surface area (Å²) in [5.41, 5.74) is 10.4. The molecule has 0 saturated carbocycles. The van der Waals surface area contributed by atoms with E-state index in [2.05, 4.69) is 55.2 Å². The summed E-state index contributed by atoms with van der Waals surface area (Å²) in [6.07, 6.45) is 3.71. The van der Waals surface area contributed by atoms with Crippen LogP contribution in [0.3, 0.4) is 0 Å². The molecule has 2 nitrogen and oxygen atoms in total. The molecule has 0 radical (unpaired) electrons. The second-order valence-corrected chi connectivity index (χ2v) is 6.03. The Morgan fingerprint density at radius 3 is 2.46 bits per heavy atom. The Morgan fingerprint density at radius 1 is 0.958 bits per heavy atom. The van der Waals surface area contributed by atoms with E-state index >= 15 is 0 Å². The number of rotatable bonds is 4. The highest BCUT2D eigenvalue weighted by Gasteiger charge is 2.07. The van der Waals surface area contributed by atoms with Gasteiger partial charge in [-0.05, 0) is 29.5 Å². The van der Waals surface area contributed by atoms with Gasteiger partial charge in [-0.25, -0.2) is 0 Å². The average molecular weight is 314 g/mol. The third-order valence-corrected chi connectivity index (χ3v) is 4.37. The Morgan fingerprint density at radius 2 is 1.67 bits per heavy atom. The van der Waals surface area contributed by atoms with Crippen LogP contribution in [-0.4, -0.2) is 6.21 Å². The zero-order valence-electron chi connectivity index (χ0n) is 14.1. The van der Waals surface area contributed by atoms with Crippen LogP contribution in [0.25, 0.3) is 10.8 Å². The van der Waals surface area contributed by atoms with E-state index in [9.17, 15) is 0 Å². The SMILES string of the molecule is Cc1ccc2ccccc2c1N=CC=C(N)C(C)c1ccccc1. The molecule has 0 aromatic heterocycles. The van der Waals surface area contributed by atoms with Gasteiger partial charge in [-0.1, -0.05) is 73.7 Å². The van der Waals surface area contributed by atoms with Crippen LogP contribution in [-0.2, 0) is 0 Å². The van der Waals surface area contributed by atoms with Gasteiger partial charge in [0.05, 0.1) is 5.69 Å². The van der Waals surface area contributed by atoms with Crippen molar-refractivity contribution in [1.82, 2.24) is 0 Å². The van der Waals surface area contributed by atoms with E-state index < -0.39 is 0 Å². The molecule has 0 aliphatic heterocycles. The average Bonchev–Trinajstić information content (AvgIpc) is 2.63. The first-order valence-corrected chi connectivity index (χ1v) is 8.20. The van der Waals surface area contributed by atoms with Gasteiger partial charge in [-0.3, -0.25) is 4.99 Å². The third kappa shape index (κ3) is 3.38. The summed E-state index contributed by atoms with van der Waals surface area (Å²) in [5, 5.41) is 2.36. The lowest BCUT2D eigenvalue weighted by atomic mass is 9.98. The maximum atomic E-state index is 6.23. The lowest BCUT2D eigenvalue weighted by molar-refractivity contribution is 0.880. The van der Waals surface area contributed by atoms with Crippen molar-refractivity contribution in [2.24, 2.45) is 10.7 Å². The molecule has 0 aliphatic rings. The van der Waals surface area contributed by atoms with E-state index in [-0.39, 0.29) is 5.92 Å². The molecule has 0 saturated heterocycles. The Labute approximate surface area is 143 Å². The van der Waals surface area contributed by atoms with Crippen molar-refractivity contribution in [3.05, 3.63) is 89.6 Å². The topological polar surface area (TPSA) is 38.4 Å². The van der Waals surface area contributed by atoms with Gasteiger partial charge in [0.1, 0.15) is 0 Å². The number of fused-ring (bicyclic) bond motifs is 1. The highest BCUT2D eigenvalue weighted by molar-refractivity contribution is 5.95. The fraction of sp³-hybridized carbons (Fsp3) is 0.136. The van der Waals surface area contributed by atoms with Gasteiger partial charge in [0, 0.05) is 23.2 Å². The summed E-state index contributed by atoms with van der Waals surface area (Å²) >= 11 is 0. The number of aliphatic imine (C=N–C) groups is 1. The van der Waals surface area contributed by atoms with Gasteiger partial charge in [0.25, 0.3) is 0 Å². The molecule has 0 fully saturated rings. The lowest BCUT2D eigenvalue weighted by Gasteiger charge is -2.11. The minimum Gasteiger partial charge on any atom is -0.402 e. The molecular weight excluding hydrogens is 292 g/mol. The Hall–Kier alpha value is -2.87. The molecule has 1 atom stereocenters. The summed E-state index contributed by atoms with van der Waals surface area (Å²) in [6.45, 7) is 4.19. The van der Waals surface area contributed by atoms with E-state index in [1.807, 2.05) is 42.6 Å². The van der Waals surface area contributed by atoms with Crippen LogP contribution >= 0.6 is 0 Å². The summed E-state index contributed by atoms with van der Waals surface area (Å²) in [5.74, 6) is 0.172. The Bertz CT molecular complexity index is 892. The highest BCUT2D eigenvalue weighted by atomic mass is 14.7. The second-order valence-electron chi connectivity index (χ2n) is 6.03. The lowest BCUT2D eigenvalue weighted by Crippen LogP contribution is -2.07. The zero-order chi connectivity index (χ0) is 16.9. The normalized spacial score (nSPS) is 13.5. The largest absolute Gasteiger partial charge is 0.402 e. The molecule has 3 aromatic rings. The molecule has 0 bridgehead atoms. The van der Waals surface area contributed by atoms with Gasteiger partial charge in [-0.15, -0.1) is 0 Å². The molecule has 3 aromatic carbocycles. The number of hydrogen-bond acceptors (Lipinski definition) is 2. The third-order valence-electron chi connectivity index (χ3n) is 4.37. The number of benzene rings is 3. The van der Waals surface area contributed by atoms with Crippen molar-refractivity contribution >= 4 is 22.7 Å². The summed E-state index contributed by atoms with van der Waals surface area (Å²) in [7, 11) is 0. The van der Waals surface area contributed by atoms with Gasteiger partial charge in [0.2, 0.25) is 0 Å². The van der Waals surface area contributed by atoms with Crippen molar-refractivity contribution in [2.45, 2.75) is 19.8 Å². The predicted octanol–water partition coefficient (Wildman–Crippen LogP) is 5.50. The van der Waals surface area contributed by atoms with Crippen LogP contribution in [0.5, 0.6) is 0 Å². The molecule has 0 aliphatic carbocycles. The molecule has 1 unspecified atom stereocenters. The summed E-state index contributed by atoms with van der Waals surface area (Å²) in [4.78, 5) is 4.67. The molecule has 3 rings (SSSR count). The smallest absolute Gasteiger partial charge is 0.0737 e. The zero-order valence-corrected chi connectivity index (χ0v) is 14.1. The first kappa shape index (κ1) is 16.0. The summed E-state index contributed by atoms with van der Waals surface area (Å²) < 4.78 is 0. The van der Waals surface area contributed by atoms with Crippen molar-refractivity contribution in [1.29, 1.82) is 0 Å². The number of nitrogens with zero attached hydrogens (tertiary/aromatic N) is 1. The molecule has 0 spiro atoms. The van der Waals surface area contributed by atoms with E-state index in [1.54, 1.807) is 0 Å². The number of aryl methyl sites for hydroxylation is 1. The van der Waals surface area contributed by atoms with Crippen molar-refractivity contribution in [2.75, 3.05) is 0 Å². The monoisotopic (exact) mass is 314 g/mol. The maximum Gasteiger partial charge on any atom is 0.0737 e. The van der Waals surface area contributed by atoms with E-state index in [0.29, 0.717) is 0 Å². The molecular formula is C22H22N2. The molecule has 0 heterocycles. The standard InChI is InChI=1S/C22H22N2/c1-16-12-13-19-10-6-7-11-20(19)22(16)24-15-14-21(23)17(2)18-8-4-3-5-9-18/h3-15,17H,23H2,1-2H3. The highest BCUT2D eigenvalue weighted by Crippen LogP contribution is 2.29. The minimum atomic E-state index is 0.172. The van der Waals surface area contributed by atoms with Crippen LogP contribution < -0.4 is 5.73 Å². The van der Waals surface area contributed by atoms with Crippen LogP contribution in [0.1, 0.15) is 24.0 Å². The van der Waals surface area contributed by atoms with Crippen LogP contribution in [0.15, 0.2) is 83.5 Å². The van der Waals surface area contributed by atoms with Crippen molar-refractivity contribution in [3.8, 4) is 0 Å². The number of nitrogens with two attached hydrogens (primary N) is 1. The van der Waals surface area contributed by atoms with Crippen LogP contribution in [0, 0.1) is 6.92 Å². The van der Waals surface area contributed by atoms with Gasteiger partial charge < -0.3 is 5.73 Å². The fourth-order valence-corrected chi connectivity index (χ4v) is 2.81. The van der Waals surface area contributed by atoms with E-state index in [4.69, 9.17) is 5.73 Å². The molecule has 2 heteroatoms. The fourth-order valence-electron chi connectivity index (χ4n) is 2.81. The first-order chi connectivity index (χ1) is 11.7. The molecule has 0 amide bonds. The molecule has 24 heavy (non-hydrogen) atoms.